The van der Waals surface area contributed by atoms with E-state index in [2.05, 4.69) is 14.9 Å². The summed E-state index contributed by atoms with van der Waals surface area (Å²) in [4.78, 5) is 25.0. The fraction of sp³-hybridized carbons (Fsp3) is 0.421. The Morgan fingerprint density at radius 2 is 2.04 bits per heavy atom. The first-order valence-corrected chi connectivity index (χ1v) is 8.98. The first kappa shape index (κ1) is 19.8. The van der Waals surface area contributed by atoms with Crippen LogP contribution in [0.25, 0.3) is 0 Å². The van der Waals surface area contributed by atoms with E-state index >= 15 is 0 Å². The lowest BCUT2D eigenvalue weighted by Gasteiger charge is -2.23. The molecule has 3 heterocycles. The molecule has 2 aromatic rings. The number of alkyl halides is 2. The van der Waals surface area contributed by atoms with Crippen molar-refractivity contribution in [3.63, 3.8) is 0 Å². The molecular weight excluding hydrogens is 370 g/mol. The van der Waals surface area contributed by atoms with Gasteiger partial charge in [0.05, 0.1) is 7.11 Å². The number of hydrogen-bond donors (Lipinski definition) is 0. The summed E-state index contributed by atoms with van der Waals surface area (Å²) in [5.41, 5.74) is 0.191. The second-order valence-corrected chi connectivity index (χ2v) is 6.24. The van der Waals surface area contributed by atoms with E-state index in [-0.39, 0.29) is 17.4 Å². The standard InChI is InChI=1S/C19H22F2N4O3/c1-27-14-5-7-22-17(12-14)24-8-3-9-25(11-10-24)19(26)15-4-2-6-23-18(15)28-13-16(20)21/h2,4-7,12,16H,3,8-11,13H2,1H3. The number of ether oxygens (including phenoxy) is 2. The van der Waals surface area contributed by atoms with E-state index in [9.17, 15) is 13.6 Å². The third-order valence-corrected chi connectivity index (χ3v) is 4.41. The minimum absolute atomic E-state index is 0.0663. The predicted octanol–water partition coefficient (Wildman–Crippen LogP) is 2.48. The minimum atomic E-state index is -2.63. The molecule has 1 fully saturated rings. The zero-order valence-electron chi connectivity index (χ0n) is 15.6. The molecule has 9 heteroatoms. The molecule has 150 valence electrons. The normalized spacial score (nSPS) is 14.7. The number of carbonyl (C=O) groups excluding carboxylic acids is 1. The third-order valence-electron chi connectivity index (χ3n) is 4.41. The Balaban J connectivity index is 1.69. The van der Waals surface area contributed by atoms with Crippen LogP contribution in [0.4, 0.5) is 14.6 Å². The van der Waals surface area contributed by atoms with Crippen LogP contribution in [-0.4, -0.2) is 67.1 Å². The maximum atomic E-state index is 12.9. The van der Waals surface area contributed by atoms with E-state index in [0.29, 0.717) is 19.6 Å². The van der Waals surface area contributed by atoms with Gasteiger partial charge >= 0.3 is 0 Å². The van der Waals surface area contributed by atoms with Crippen molar-refractivity contribution < 1.29 is 23.0 Å². The van der Waals surface area contributed by atoms with Crippen molar-refractivity contribution in [3.05, 3.63) is 42.2 Å². The first-order chi connectivity index (χ1) is 13.6. The largest absolute Gasteiger partial charge is 0.497 e. The Morgan fingerprint density at radius 1 is 1.18 bits per heavy atom. The van der Waals surface area contributed by atoms with Crippen LogP contribution < -0.4 is 14.4 Å². The molecule has 0 aromatic carbocycles. The van der Waals surface area contributed by atoms with Crippen LogP contribution in [0.3, 0.4) is 0 Å². The molecular formula is C19H22F2N4O3. The van der Waals surface area contributed by atoms with Gasteiger partial charge in [-0.15, -0.1) is 0 Å². The molecule has 1 aliphatic heterocycles. The molecule has 2 aromatic heterocycles. The summed E-state index contributed by atoms with van der Waals surface area (Å²) < 4.78 is 35.2. The maximum Gasteiger partial charge on any atom is 0.272 e. The molecule has 0 unspecified atom stereocenters. The maximum absolute atomic E-state index is 12.9. The van der Waals surface area contributed by atoms with Gasteiger partial charge in [-0.3, -0.25) is 4.79 Å². The Hall–Kier alpha value is -2.97. The van der Waals surface area contributed by atoms with Crippen molar-refractivity contribution in [1.29, 1.82) is 0 Å². The minimum Gasteiger partial charge on any atom is -0.497 e. The summed E-state index contributed by atoms with van der Waals surface area (Å²) in [7, 11) is 1.60. The Labute approximate surface area is 161 Å². The van der Waals surface area contributed by atoms with Crippen molar-refractivity contribution in [2.24, 2.45) is 0 Å². The summed E-state index contributed by atoms with van der Waals surface area (Å²) >= 11 is 0. The number of carbonyl (C=O) groups is 1. The van der Waals surface area contributed by atoms with Gasteiger partial charge in [-0.2, -0.15) is 0 Å². The molecule has 0 spiro atoms. The van der Waals surface area contributed by atoms with Gasteiger partial charge in [0.25, 0.3) is 12.3 Å². The van der Waals surface area contributed by atoms with Crippen LogP contribution in [0.5, 0.6) is 11.6 Å². The van der Waals surface area contributed by atoms with Gasteiger partial charge in [-0.1, -0.05) is 0 Å². The number of nitrogens with zero attached hydrogens (tertiary/aromatic N) is 4. The van der Waals surface area contributed by atoms with E-state index in [1.165, 1.54) is 6.20 Å². The molecule has 28 heavy (non-hydrogen) atoms. The smallest absolute Gasteiger partial charge is 0.272 e. The summed E-state index contributed by atoms with van der Waals surface area (Å²) in [5, 5.41) is 0. The molecule has 0 radical (unpaired) electrons. The number of halogens is 2. The van der Waals surface area contributed by atoms with Crippen molar-refractivity contribution in [3.8, 4) is 11.6 Å². The lowest BCUT2D eigenvalue weighted by Crippen LogP contribution is -2.35. The molecule has 0 bridgehead atoms. The number of aromatic nitrogens is 2. The van der Waals surface area contributed by atoms with Gasteiger partial charge in [-0.05, 0) is 24.6 Å². The van der Waals surface area contributed by atoms with Gasteiger partial charge in [0.2, 0.25) is 5.88 Å². The van der Waals surface area contributed by atoms with E-state index in [4.69, 9.17) is 9.47 Å². The monoisotopic (exact) mass is 392 g/mol. The Kier molecular flexibility index (Phi) is 6.57. The highest BCUT2D eigenvalue weighted by atomic mass is 19.3. The number of anilines is 1. The van der Waals surface area contributed by atoms with Crippen molar-refractivity contribution in [2.45, 2.75) is 12.8 Å². The van der Waals surface area contributed by atoms with Crippen LogP contribution in [0.2, 0.25) is 0 Å². The molecule has 0 aliphatic carbocycles. The van der Waals surface area contributed by atoms with Crippen molar-refractivity contribution in [2.75, 3.05) is 44.8 Å². The molecule has 0 atom stereocenters. The molecule has 7 nitrogen and oxygen atoms in total. The van der Waals surface area contributed by atoms with Crippen molar-refractivity contribution in [1.82, 2.24) is 14.9 Å². The molecule has 0 saturated carbocycles. The van der Waals surface area contributed by atoms with Gasteiger partial charge in [0, 0.05) is 44.6 Å². The number of pyridine rings is 2. The SMILES string of the molecule is COc1ccnc(N2CCCN(C(=O)c3cccnc3OCC(F)F)CC2)c1. The van der Waals surface area contributed by atoms with E-state index in [0.717, 1.165) is 24.5 Å². The van der Waals surface area contributed by atoms with Gasteiger partial charge < -0.3 is 19.3 Å². The highest BCUT2D eigenvalue weighted by Crippen LogP contribution is 2.22. The molecule has 1 amide bonds. The van der Waals surface area contributed by atoms with Crippen molar-refractivity contribution >= 4 is 11.7 Å². The average molecular weight is 392 g/mol. The molecule has 3 rings (SSSR count). The summed E-state index contributed by atoms with van der Waals surface area (Å²) in [5.74, 6) is 1.16. The van der Waals surface area contributed by atoms with Crippen LogP contribution in [0, 0.1) is 0 Å². The third kappa shape index (κ3) is 4.85. The van der Waals surface area contributed by atoms with Gasteiger partial charge in [0.15, 0.2) is 6.61 Å². The average Bonchev–Trinajstić information content (AvgIpc) is 2.98. The van der Waals surface area contributed by atoms with E-state index in [1.54, 1.807) is 36.4 Å². The fourth-order valence-corrected chi connectivity index (χ4v) is 3.03. The Bertz CT molecular complexity index is 806. The van der Waals surface area contributed by atoms with Crippen LogP contribution in [0.15, 0.2) is 36.7 Å². The number of hydrogen-bond acceptors (Lipinski definition) is 6. The molecule has 1 aliphatic rings. The van der Waals surface area contributed by atoms with Crippen LogP contribution >= 0.6 is 0 Å². The highest BCUT2D eigenvalue weighted by molar-refractivity contribution is 5.96. The number of methoxy groups -OCH3 is 1. The van der Waals surface area contributed by atoms with E-state index in [1.807, 2.05) is 6.07 Å². The topological polar surface area (TPSA) is 67.8 Å². The van der Waals surface area contributed by atoms with Gasteiger partial charge in [-0.25, -0.2) is 18.7 Å². The number of amides is 1. The van der Waals surface area contributed by atoms with Gasteiger partial charge in [0.1, 0.15) is 17.1 Å². The van der Waals surface area contributed by atoms with E-state index < -0.39 is 13.0 Å². The summed E-state index contributed by atoms with van der Waals surface area (Å²) in [6.45, 7) is 1.56. The zero-order valence-corrected chi connectivity index (χ0v) is 15.6. The lowest BCUT2D eigenvalue weighted by molar-refractivity contribution is 0.0709. The summed E-state index contributed by atoms with van der Waals surface area (Å²) in [6.07, 6.45) is 1.21. The first-order valence-electron chi connectivity index (χ1n) is 8.98. The van der Waals surface area contributed by atoms with Crippen LogP contribution in [-0.2, 0) is 0 Å². The quantitative estimate of drug-likeness (QED) is 0.753. The zero-order chi connectivity index (χ0) is 19.9. The predicted molar refractivity (Wildman–Crippen MR) is 99.3 cm³/mol. The summed E-state index contributed by atoms with van der Waals surface area (Å²) in [6, 6.07) is 6.77. The highest BCUT2D eigenvalue weighted by Gasteiger charge is 2.24. The second kappa shape index (κ2) is 9.29. The Morgan fingerprint density at radius 3 is 2.82 bits per heavy atom. The lowest BCUT2D eigenvalue weighted by atomic mass is 10.2. The number of rotatable bonds is 6. The van der Waals surface area contributed by atoms with Crippen LogP contribution in [0.1, 0.15) is 16.8 Å². The molecule has 0 N–H and O–H groups in total. The fourth-order valence-electron chi connectivity index (χ4n) is 3.03. The molecule has 1 saturated heterocycles. The second-order valence-electron chi connectivity index (χ2n) is 6.24.